The zero-order valence-electron chi connectivity index (χ0n) is 20.6. The Morgan fingerprint density at radius 2 is 1.82 bits per heavy atom. The second kappa shape index (κ2) is 12.0. The number of nitrogens with zero attached hydrogens (tertiary/aromatic N) is 2. The van der Waals surface area contributed by atoms with Crippen LogP contribution in [0.25, 0.3) is 10.8 Å². The van der Waals surface area contributed by atoms with Gasteiger partial charge in [-0.05, 0) is 42.0 Å². The number of carbonyl (C=O) groups excluding carboxylic acids is 3. The summed E-state index contributed by atoms with van der Waals surface area (Å²) in [5, 5.41) is 5.20. The molecule has 1 saturated heterocycles. The van der Waals surface area contributed by atoms with Crippen LogP contribution < -0.4 is 11.1 Å². The largest absolute Gasteiger partial charge is 0.343 e. The van der Waals surface area contributed by atoms with Gasteiger partial charge in [0.25, 0.3) is 0 Å². The summed E-state index contributed by atoms with van der Waals surface area (Å²) >= 11 is 0. The normalized spacial score (nSPS) is 16.6. The van der Waals surface area contributed by atoms with E-state index in [0.717, 1.165) is 35.6 Å². The topological polar surface area (TPSA) is 95.7 Å². The van der Waals surface area contributed by atoms with Crippen molar-refractivity contribution in [1.82, 2.24) is 15.1 Å². The molecule has 0 aromatic heterocycles. The van der Waals surface area contributed by atoms with Crippen molar-refractivity contribution >= 4 is 28.5 Å². The molecule has 34 heavy (non-hydrogen) atoms. The van der Waals surface area contributed by atoms with E-state index in [9.17, 15) is 14.4 Å². The summed E-state index contributed by atoms with van der Waals surface area (Å²) in [5.74, 6) is -0.459. The number of likely N-dealkylation sites (tertiary alicyclic amines) is 1. The summed E-state index contributed by atoms with van der Waals surface area (Å²) < 4.78 is 0. The number of nitrogens with one attached hydrogen (secondary N) is 1. The molecule has 2 aromatic carbocycles. The molecule has 7 nitrogen and oxygen atoms in total. The van der Waals surface area contributed by atoms with Crippen molar-refractivity contribution in [2.24, 2.45) is 11.7 Å². The zero-order chi connectivity index (χ0) is 24.7. The van der Waals surface area contributed by atoms with E-state index in [1.807, 2.05) is 50.2 Å². The summed E-state index contributed by atoms with van der Waals surface area (Å²) in [6.45, 7) is 5.35. The Labute approximate surface area is 202 Å². The number of fused-ring (bicyclic) bond motifs is 1. The van der Waals surface area contributed by atoms with E-state index in [1.165, 1.54) is 0 Å². The average molecular weight is 467 g/mol. The van der Waals surface area contributed by atoms with Crippen LogP contribution in [0.1, 0.15) is 45.1 Å². The van der Waals surface area contributed by atoms with Crippen LogP contribution in [0.4, 0.5) is 0 Å². The Morgan fingerprint density at radius 1 is 1.12 bits per heavy atom. The van der Waals surface area contributed by atoms with E-state index in [-0.39, 0.29) is 23.6 Å². The first-order valence-electron chi connectivity index (χ1n) is 12.4. The summed E-state index contributed by atoms with van der Waals surface area (Å²) in [7, 11) is 1.70. The number of hydrogen-bond acceptors (Lipinski definition) is 4. The van der Waals surface area contributed by atoms with Crippen molar-refractivity contribution in [2.45, 2.75) is 58.0 Å². The molecule has 0 bridgehead atoms. The van der Waals surface area contributed by atoms with Gasteiger partial charge in [0.2, 0.25) is 17.7 Å². The lowest BCUT2D eigenvalue weighted by Crippen LogP contribution is -2.55. The SMILES string of the molecule is CCC(CC)C(=O)N1CCCC1C(=O)NC(Cc1ccc2ccccc2c1)C(=O)N(C)CCN. The first kappa shape index (κ1) is 25.7. The molecule has 2 aromatic rings. The van der Waals surface area contributed by atoms with E-state index in [4.69, 9.17) is 5.73 Å². The molecule has 3 N–H and O–H groups in total. The minimum absolute atomic E-state index is 0.0419. The molecule has 0 saturated carbocycles. The molecule has 3 rings (SSSR count). The van der Waals surface area contributed by atoms with E-state index in [2.05, 4.69) is 11.4 Å². The molecule has 2 atom stereocenters. The molecule has 1 fully saturated rings. The maximum absolute atomic E-state index is 13.4. The maximum atomic E-state index is 13.4. The zero-order valence-corrected chi connectivity index (χ0v) is 20.6. The molecule has 7 heteroatoms. The number of hydrogen-bond donors (Lipinski definition) is 2. The quantitative estimate of drug-likeness (QED) is 0.563. The highest BCUT2D eigenvalue weighted by Crippen LogP contribution is 2.23. The number of carbonyl (C=O) groups is 3. The molecule has 1 aliphatic heterocycles. The molecule has 1 heterocycles. The number of amides is 3. The second-order valence-electron chi connectivity index (χ2n) is 9.20. The van der Waals surface area contributed by atoms with E-state index in [1.54, 1.807) is 16.8 Å². The number of nitrogens with two attached hydrogens (primary N) is 1. The molecule has 3 amide bonds. The number of benzene rings is 2. The van der Waals surface area contributed by atoms with Crippen LogP contribution >= 0.6 is 0 Å². The molecular formula is C27H38N4O3. The fraction of sp³-hybridized carbons (Fsp3) is 0.519. The highest BCUT2D eigenvalue weighted by atomic mass is 16.2. The molecule has 0 spiro atoms. The van der Waals surface area contributed by atoms with E-state index < -0.39 is 12.1 Å². The van der Waals surface area contributed by atoms with Gasteiger partial charge in [0.1, 0.15) is 12.1 Å². The molecule has 0 radical (unpaired) electrons. The van der Waals surface area contributed by atoms with Crippen LogP contribution in [0.2, 0.25) is 0 Å². The Kier molecular flexibility index (Phi) is 9.05. The van der Waals surface area contributed by atoms with Crippen LogP contribution in [0.5, 0.6) is 0 Å². The number of likely N-dealkylation sites (N-methyl/N-ethyl adjacent to an activating group) is 1. The van der Waals surface area contributed by atoms with Crippen molar-refractivity contribution in [2.75, 3.05) is 26.7 Å². The standard InChI is InChI=1S/C27H38N4O3/c1-4-20(5-2)26(33)31-15-8-11-24(31)25(32)29-23(27(34)30(3)16-14-28)18-19-12-13-21-9-6-7-10-22(21)17-19/h6-7,9-10,12-13,17,20,23-24H,4-5,8,11,14-16,18,28H2,1-3H3,(H,29,32). The van der Waals surface area contributed by atoms with Crippen LogP contribution in [-0.4, -0.2) is 66.3 Å². The van der Waals surface area contributed by atoms with Gasteiger partial charge >= 0.3 is 0 Å². The van der Waals surface area contributed by atoms with Gasteiger partial charge in [0.15, 0.2) is 0 Å². The lowest BCUT2D eigenvalue weighted by Gasteiger charge is -2.30. The van der Waals surface area contributed by atoms with E-state index in [0.29, 0.717) is 32.5 Å². The third kappa shape index (κ3) is 5.95. The second-order valence-corrected chi connectivity index (χ2v) is 9.20. The molecule has 184 valence electrons. The minimum atomic E-state index is -0.726. The number of rotatable bonds is 10. The van der Waals surface area contributed by atoms with Gasteiger partial charge in [-0.3, -0.25) is 14.4 Å². The van der Waals surface area contributed by atoms with Crippen molar-refractivity contribution in [3.8, 4) is 0 Å². The summed E-state index contributed by atoms with van der Waals surface area (Å²) in [6, 6.07) is 12.9. The first-order valence-corrected chi connectivity index (χ1v) is 12.4. The van der Waals surface area contributed by atoms with Crippen molar-refractivity contribution in [3.63, 3.8) is 0 Å². The van der Waals surface area contributed by atoms with Gasteiger partial charge in [0, 0.05) is 39.0 Å². The van der Waals surface area contributed by atoms with Gasteiger partial charge in [-0.15, -0.1) is 0 Å². The predicted molar refractivity (Wildman–Crippen MR) is 135 cm³/mol. The molecular weight excluding hydrogens is 428 g/mol. The Bertz CT molecular complexity index is 1000. The van der Waals surface area contributed by atoms with Crippen molar-refractivity contribution < 1.29 is 14.4 Å². The van der Waals surface area contributed by atoms with Gasteiger partial charge in [-0.2, -0.15) is 0 Å². The third-order valence-corrected chi connectivity index (χ3v) is 6.88. The highest BCUT2D eigenvalue weighted by molar-refractivity contribution is 5.93. The van der Waals surface area contributed by atoms with Crippen LogP contribution in [0.3, 0.4) is 0 Å². The third-order valence-electron chi connectivity index (χ3n) is 6.88. The summed E-state index contributed by atoms with van der Waals surface area (Å²) in [6.07, 6.45) is 3.30. The first-order chi connectivity index (χ1) is 16.4. The molecule has 0 aliphatic carbocycles. The smallest absolute Gasteiger partial charge is 0.245 e. The average Bonchev–Trinajstić information content (AvgIpc) is 3.34. The Morgan fingerprint density at radius 3 is 2.50 bits per heavy atom. The minimum Gasteiger partial charge on any atom is -0.343 e. The summed E-state index contributed by atoms with van der Waals surface area (Å²) in [5.41, 5.74) is 6.63. The van der Waals surface area contributed by atoms with Gasteiger partial charge in [-0.25, -0.2) is 0 Å². The lowest BCUT2D eigenvalue weighted by atomic mass is 10.00. The van der Waals surface area contributed by atoms with E-state index >= 15 is 0 Å². The monoisotopic (exact) mass is 466 g/mol. The highest BCUT2D eigenvalue weighted by Gasteiger charge is 2.37. The van der Waals surface area contributed by atoms with Gasteiger partial charge in [0.05, 0.1) is 0 Å². The fourth-order valence-corrected chi connectivity index (χ4v) is 4.81. The Hall–Kier alpha value is -2.93. The lowest BCUT2D eigenvalue weighted by molar-refractivity contribution is -0.143. The van der Waals surface area contributed by atoms with Crippen LogP contribution in [0, 0.1) is 5.92 Å². The Balaban J connectivity index is 1.80. The molecule has 2 unspecified atom stereocenters. The summed E-state index contributed by atoms with van der Waals surface area (Å²) in [4.78, 5) is 42.9. The van der Waals surface area contributed by atoms with Crippen molar-refractivity contribution in [1.29, 1.82) is 0 Å². The van der Waals surface area contributed by atoms with Gasteiger partial charge < -0.3 is 20.9 Å². The molecule has 1 aliphatic rings. The van der Waals surface area contributed by atoms with Crippen molar-refractivity contribution in [3.05, 3.63) is 48.0 Å². The van der Waals surface area contributed by atoms with Crippen LogP contribution in [-0.2, 0) is 20.8 Å². The maximum Gasteiger partial charge on any atom is 0.245 e. The predicted octanol–water partition coefficient (Wildman–Crippen LogP) is 2.71. The fourth-order valence-electron chi connectivity index (χ4n) is 4.81. The van der Waals surface area contributed by atoms with Gasteiger partial charge in [-0.1, -0.05) is 56.3 Å². The van der Waals surface area contributed by atoms with Crippen LogP contribution in [0.15, 0.2) is 42.5 Å².